The molecule has 0 saturated heterocycles. The summed E-state index contributed by atoms with van der Waals surface area (Å²) >= 11 is 0. The van der Waals surface area contributed by atoms with Crippen LogP contribution in [0.5, 0.6) is 5.75 Å². The minimum Gasteiger partial charge on any atom is -0.491 e. The van der Waals surface area contributed by atoms with E-state index in [1.807, 2.05) is 50.2 Å². The second-order valence-electron chi connectivity index (χ2n) is 5.02. The monoisotopic (exact) mass is 271 g/mol. The van der Waals surface area contributed by atoms with Crippen molar-refractivity contribution in [3.63, 3.8) is 0 Å². The molecule has 0 spiro atoms. The number of rotatable bonds is 6. The number of ether oxygens (including phenoxy) is 1. The molecule has 0 fully saturated rings. The Balaban J connectivity index is 1.95. The van der Waals surface area contributed by atoms with Crippen molar-refractivity contribution in [1.29, 1.82) is 0 Å². The molecule has 3 heteroatoms. The Morgan fingerprint density at radius 1 is 1.05 bits per heavy atom. The van der Waals surface area contributed by atoms with E-state index in [-0.39, 0.29) is 12.7 Å². The predicted molar refractivity (Wildman–Crippen MR) is 81.9 cm³/mol. The molecule has 0 aliphatic rings. The zero-order valence-corrected chi connectivity index (χ0v) is 12.0. The molecule has 0 atom stereocenters. The van der Waals surface area contributed by atoms with Gasteiger partial charge in [-0.15, -0.1) is 0 Å². The van der Waals surface area contributed by atoms with Crippen molar-refractivity contribution in [3.8, 4) is 5.75 Å². The summed E-state index contributed by atoms with van der Waals surface area (Å²) in [5, 5.41) is 12.4. The van der Waals surface area contributed by atoms with Gasteiger partial charge in [0.15, 0.2) is 0 Å². The zero-order valence-electron chi connectivity index (χ0n) is 12.0. The summed E-state index contributed by atoms with van der Waals surface area (Å²) in [7, 11) is 0. The molecule has 0 amide bonds. The van der Waals surface area contributed by atoms with Crippen LogP contribution in [-0.2, 0) is 13.2 Å². The minimum absolute atomic E-state index is 0.0782. The van der Waals surface area contributed by atoms with Gasteiger partial charge in [-0.25, -0.2) is 0 Å². The Bertz CT molecular complexity index is 535. The van der Waals surface area contributed by atoms with E-state index in [9.17, 15) is 0 Å². The predicted octanol–water partition coefficient (Wildman–Crippen LogP) is 3.58. The molecule has 2 aromatic carbocycles. The highest BCUT2D eigenvalue weighted by Crippen LogP contribution is 2.17. The van der Waals surface area contributed by atoms with E-state index < -0.39 is 0 Å². The van der Waals surface area contributed by atoms with Gasteiger partial charge in [0.05, 0.1) is 12.7 Å². The lowest BCUT2D eigenvalue weighted by atomic mass is 10.2. The molecule has 0 aromatic heterocycles. The van der Waals surface area contributed by atoms with Crippen LogP contribution in [0.2, 0.25) is 0 Å². The van der Waals surface area contributed by atoms with Crippen LogP contribution in [0.25, 0.3) is 0 Å². The first-order chi connectivity index (χ1) is 9.67. The van der Waals surface area contributed by atoms with Crippen LogP contribution in [0.3, 0.4) is 0 Å². The van der Waals surface area contributed by atoms with Crippen molar-refractivity contribution in [2.75, 3.05) is 5.32 Å². The smallest absolute Gasteiger partial charge is 0.120 e. The third-order valence-electron chi connectivity index (χ3n) is 2.90. The van der Waals surface area contributed by atoms with Crippen molar-refractivity contribution in [3.05, 3.63) is 59.7 Å². The highest BCUT2D eigenvalue weighted by atomic mass is 16.5. The molecule has 0 aliphatic heterocycles. The van der Waals surface area contributed by atoms with Crippen LogP contribution in [-0.4, -0.2) is 11.2 Å². The lowest BCUT2D eigenvalue weighted by Crippen LogP contribution is -2.06. The molecule has 20 heavy (non-hydrogen) atoms. The maximum atomic E-state index is 9.00. The molecule has 0 saturated carbocycles. The minimum atomic E-state index is 0.0782. The van der Waals surface area contributed by atoms with Gasteiger partial charge < -0.3 is 15.2 Å². The fourth-order valence-electron chi connectivity index (χ4n) is 1.93. The second kappa shape index (κ2) is 6.96. The summed E-state index contributed by atoms with van der Waals surface area (Å²) in [5.74, 6) is 0.898. The van der Waals surface area contributed by atoms with Gasteiger partial charge in [0.25, 0.3) is 0 Å². The Labute approximate surface area is 120 Å². The maximum Gasteiger partial charge on any atom is 0.120 e. The fraction of sp³-hybridized carbons (Fsp3) is 0.294. The molecule has 3 nitrogen and oxygen atoms in total. The normalized spacial score (nSPS) is 10.6. The number of hydrogen-bond donors (Lipinski definition) is 2. The van der Waals surface area contributed by atoms with Gasteiger partial charge in [-0.1, -0.05) is 24.3 Å². The quantitative estimate of drug-likeness (QED) is 0.843. The molecular weight excluding hydrogens is 250 g/mol. The largest absolute Gasteiger partial charge is 0.491 e. The van der Waals surface area contributed by atoms with E-state index in [0.717, 1.165) is 23.5 Å². The van der Waals surface area contributed by atoms with Crippen LogP contribution in [0, 0.1) is 0 Å². The number of benzene rings is 2. The third-order valence-corrected chi connectivity index (χ3v) is 2.90. The van der Waals surface area contributed by atoms with E-state index >= 15 is 0 Å². The second-order valence-corrected chi connectivity index (χ2v) is 5.02. The van der Waals surface area contributed by atoms with Crippen molar-refractivity contribution >= 4 is 5.69 Å². The first-order valence-electron chi connectivity index (χ1n) is 6.86. The molecule has 106 valence electrons. The Kier molecular flexibility index (Phi) is 5.02. The van der Waals surface area contributed by atoms with E-state index in [1.54, 1.807) is 0 Å². The van der Waals surface area contributed by atoms with E-state index in [4.69, 9.17) is 9.84 Å². The average molecular weight is 271 g/mol. The topological polar surface area (TPSA) is 41.5 Å². The summed E-state index contributed by atoms with van der Waals surface area (Å²) in [4.78, 5) is 0. The number of hydrogen-bond acceptors (Lipinski definition) is 3. The van der Waals surface area contributed by atoms with E-state index in [2.05, 4.69) is 17.4 Å². The lowest BCUT2D eigenvalue weighted by molar-refractivity contribution is 0.242. The van der Waals surface area contributed by atoms with Gasteiger partial charge in [0.1, 0.15) is 5.75 Å². The van der Waals surface area contributed by atoms with Gasteiger partial charge in [-0.05, 0) is 49.2 Å². The Hall–Kier alpha value is -2.00. The van der Waals surface area contributed by atoms with Crippen molar-refractivity contribution in [2.45, 2.75) is 33.1 Å². The molecule has 2 N–H and O–H groups in total. The molecule has 0 radical (unpaired) electrons. The number of nitrogens with one attached hydrogen (secondary N) is 1. The number of aliphatic hydroxyl groups excluding tert-OH is 1. The summed E-state index contributed by atoms with van der Waals surface area (Å²) in [6.07, 6.45) is 0.184. The van der Waals surface area contributed by atoms with Gasteiger partial charge >= 0.3 is 0 Å². The van der Waals surface area contributed by atoms with Gasteiger partial charge in [0, 0.05) is 12.2 Å². The van der Waals surface area contributed by atoms with Crippen LogP contribution in [0.15, 0.2) is 48.5 Å². The maximum absolute atomic E-state index is 9.00. The number of anilines is 1. The van der Waals surface area contributed by atoms with Gasteiger partial charge in [0.2, 0.25) is 0 Å². The molecule has 0 unspecified atom stereocenters. The van der Waals surface area contributed by atoms with Crippen molar-refractivity contribution in [1.82, 2.24) is 0 Å². The first kappa shape index (κ1) is 14.4. The standard InChI is InChI=1S/C17H21NO2/c1-13(2)20-17-5-3-4-15(10-17)11-18-16-8-6-14(12-19)7-9-16/h3-10,13,18-19H,11-12H2,1-2H3. The summed E-state index contributed by atoms with van der Waals surface area (Å²) in [5.41, 5.74) is 3.13. The van der Waals surface area contributed by atoms with Crippen LogP contribution < -0.4 is 10.1 Å². The Morgan fingerprint density at radius 2 is 1.80 bits per heavy atom. The van der Waals surface area contributed by atoms with Gasteiger partial charge in [-0.3, -0.25) is 0 Å². The summed E-state index contributed by atoms with van der Waals surface area (Å²) in [6, 6.07) is 15.9. The third kappa shape index (κ3) is 4.28. The average Bonchev–Trinajstić information content (AvgIpc) is 2.45. The van der Waals surface area contributed by atoms with Crippen LogP contribution in [0.4, 0.5) is 5.69 Å². The SMILES string of the molecule is CC(C)Oc1cccc(CNc2ccc(CO)cc2)c1. The molecule has 2 aromatic rings. The lowest BCUT2D eigenvalue weighted by Gasteiger charge is -2.12. The molecule has 0 heterocycles. The number of aliphatic hydroxyl groups is 1. The molecular formula is C17H21NO2. The van der Waals surface area contributed by atoms with Crippen LogP contribution >= 0.6 is 0 Å². The van der Waals surface area contributed by atoms with E-state index in [1.165, 1.54) is 5.56 Å². The zero-order chi connectivity index (χ0) is 14.4. The van der Waals surface area contributed by atoms with Gasteiger partial charge in [-0.2, -0.15) is 0 Å². The first-order valence-corrected chi connectivity index (χ1v) is 6.86. The highest BCUT2D eigenvalue weighted by Gasteiger charge is 2.00. The van der Waals surface area contributed by atoms with Crippen LogP contribution in [0.1, 0.15) is 25.0 Å². The molecule has 0 bridgehead atoms. The molecule has 2 rings (SSSR count). The molecule has 0 aliphatic carbocycles. The van der Waals surface area contributed by atoms with Crippen molar-refractivity contribution in [2.24, 2.45) is 0 Å². The van der Waals surface area contributed by atoms with Crippen molar-refractivity contribution < 1.29 is 9.84 Å². The van der Waals surface area contributed by atoms with E-state index in [0.29, 0.717) is 0 Å². The fourth-order valence-corrected chi connectivity index (χ4v) is 1.93. The summed E-state index contributed by atoms with van der Waals surface area (Å²) < 4.78 is 5.68. The summed E-state index contributed by atoms with van der Waals surface area (Å²) in [6.45, 7) is 4.86. The Morgan fingerprint density at radius 3 is 2.45 bits per heavy atom. The highest BCUT2D eigenvalue weighted by molar-refractivity contribution is 5.45.